The molecule has 0 radical (unpaired) electrons. The van der Waals surface area contributed by atoms with Crippen LogP contribution < -0.4 is 15.0 Å². The van der Waals surface area contributed by atoms with Gasteiger partial charge >= 0.3 is 0 Å². The maximum absolute atomic E-state index is 13.4. The Morgan fingerprint density at radius 1 is 1.03 bits per heavy atom. The summed E-state index contributed by atoms with van der Waals surface area (Å²) in [6, 6.07) is 26.4. The minimum Gasteiger partial charge on any atom is -0.493 e. The van der Waals surface area contributed by atoms with E-state index >= 15 is 0 Å². The first-order valence-corrected chi connectivity index (χ1v) is 12.9. The Labute approximate surface area is 236 Å². The van der Waals surface area contributed by atoms with E-state index in [1.54, 1.807) is 42.6 Å². The van der Waals surface area contributed by atoms with E-state index < -0.39 is 4.92 Å². The highest BCUT2D eigenvalue weighted by molar-refractivity contribution is 14.1. The van der Waals surface area contributed by atoms with Crippen LogP contribution in [0.5, 0.6) is 11.5 Å². The van der Waals surface area contributed by atoms with Crippen molar-refractivity contribution < 1.29 is 14.4 Å². The lowest BCUT2D eigenvalue weighted by Crippen LogP contribution is -2.20. The molecule has 9 nitrogen and oxygen atoms in total. The molecule has 39 heavy (non-hydrogen) atoms. The molecule has 0 aliphatic rings. The van der Waals surface area contributed by atoms with E-state index in [0.717, 1.165) is 14.7 Å². The monoisotopic (exact) mass is 632 g/mol. The van der Waals surface area contributed by atoms with Crippen molar-refractivity contribution in [3.05, 3.63) is 126 Å². The summed E-state index contributed by atoms with van der Waals surface area (Å²) in [7, 11) is 1.54. The topological polar surface area (TPSA) is 109 Å². The minimum atomic E-state index is -0.443. The smallest absolute Gasteiger partial charge is 0.282 e. The number of nitro benzene ring substituents is 1. The zero-order valence-corrected chi connectivity index (χ0v) is 22.8. The van der Waals surface area contributed by atoms with Gasteiger partial charge in [0.2, 0.25) is 0 Å². The van der Waals surface area contributed by atoms with E-state index in [1.807, 2.05) is 42.5 Å². The Morgan fingerprint density at radius 2 is 1.74 bits per heavy atom. The fourth-order valence-electron chi connectivity index (χ4n) is 3.95. The summed E-state index contributed by atoms with van der Waals surface area (Å²) in [5.41, 5.74) is 2.57. The number of nitro groups is 1. The van der Waals surface area contributed by atoms with Crippen LogP contribution in [0.15, 0.2) is 101 Å². The maximum atomic E-state index is 13.4. The molecule has 0 N–H and O–H groups in total. The molecule has 0 unspecified atom stereocenters. The molecule has 0 spiro atoms. The number of methoxy groups -OCH3 is 1. The molecule has 0 aliphatic heterocycles. The highest BCUT2D eigenvalue weighted by atomic mass is 127. The molecule has 5 rings (SSSR count). The number of fused-ring (bicyclic) bond motifs is 1. The molecule has 4 aromatic carbocycles. The lowest BCUT2D eigenvalue weighted by Gasteiger charge is -2.14. The van der Waals surface area contributed by atoms with Crippen LogP contribution in [0.4, 0.5) is 5.69 Å². The molecule has 0 bridgehead atoms. The Balaban J connectivity index is 1.47. The largest absolute Gasteiger partial charge is 0.493 e. The second-order valence-electron chi connectivity index (χ2n) is 8.43. The Bertz CT molecular complexity index is 1750. The van der Waals surface area contributed by atoms with Crippen molar-refractivity contribution >= 4 is 45.4 Å². The first kappa shape index (κ1) is 26.0. The highest BCUT2D eigenvalue weighted by Gasteiger charge is 2.14. The van der Waals surface area contributed by atoms with Crippen LogP contribution in [-0.4, -0.2) is 27.9 Å². The zero-order valence-electron chi connectivity index (χ0n) is 20.7. The van der Waals surface area contributed by atoms with Gasteiger partial charge in [0, 0.05) is 17.7 Å². The third kappa shape index (κ3) is 5.65. The molecule has 0 saturated heterocycles. The minimum absolute atomic E-state index is 0.0192. The van der Waals surface area contributed by atoms with Gasteiger partial charge in [-0.3, -0.25) is 14.9 Å². The van der Waals surface area contributed by atoms with Crippen LogP contribution in [0.3, 0.4) is 0 Å². The molecule has 1 heterocycles. The number of aromatic nitrogens is 2. The van der Waals surface area contributed by atoms with Crippen molar-refractivity contribution in [2.45, 2.75) is 6.61 Å². The van der Waals surface area contributed by atoms with Gasteiger partial charge in [0.25, 0.3) is 11.2 Å². The molecule has 0 aliphatic carbocycles. The molecule has 5 aromatic rings. The summed E-state index contributed by atoms with van der Waals surface area (Å²) in [4.78, 5) is 28.6. The number of halogens is 1. The van der Waals surface area contributed by atoms with Crippen molar-refractivity contribution in [3.8, 4) is 22.9 Å². The number of rotatable bonds is 8. The molecule has 1 aromatic heterocycles. The van der Waals surface area contributed by atoms with Crippen LogP contribution in [0.25, 0.3) is 22.3 Å². The van der Waals surface area contributed by atoms with E-state index in [-0.39, 0.29) is 17.9 Å². The summed E-state index contributed by atoms with van der Waals surface area (Å²) < 4.78 is 13.6. The van der Waals surface area contributed by atoms with Crippen LogP contribution in [0.1, 0.15) is 11.1 Å². The van der Waals surface area contributed by atoms with Gasteiger partial charge in [-0.05, 0) is 70.1 Å². The van der Waals surface area contributed by atoms with Gasteiger partial charge in [-0.15, -0.1) is 0 Å². The van der Waals surface area contributed by atoms with Gasteiger partial charge in [-0.2, -0.15) is 9.78 Å². The predicted molar refractivity (Wildman–Crippen MR) is 158 cm³/mol. The van der Waals surface area contributed by atoms with Crippen molar-refractivity contribution in [1.29, 1.82) is 0 Å². The number of para-hydroxylation sites is 1. The summed E-state index contributed by atoms with van der Waals surface area (Å²) >= 11 is 2.14. The van der Waals surface area contributed by atoms with Crippen LogP contribution in [-0.2, 0) is 6.61 Å². The molecule has 194 valence electrons. The first-order chi connectivity index (χ1) is 18.9. The fraction of sp³-hybridized carbons (Fsp3) is 0.0690. The van der Waals surface area contributed by atoms with E-state index in [0.29, 0.717) is 33.8 Å². The van der Waals surface area contributed by atoms with Crippen molar-refractivity contribution in [3.63, 3.8) is 0 Å². The molecule has 0 atom stereocenters. The molecule has 10 heteroatoms. The molecule has 0 fully saturated rings. The number of hydrogen-bond acceptors (Lipinski definition) is 7. The fourth-order valence-corrected chi connectivity index (χ4v) is 4.73. The van der Waals surface area contributed by atoms with Crippen molar-refractivity contribution in [2.24, 2.45) is 5.10 Å². The third-order valence-corrected chi connectivity index (χ3v) is 6.69. The summed E-state index contributed by atoms with van der Waals surface area (Å²) in [6.45, 7) is 0.205. The van der Waals surface area contributed by atoms with E-state index in [2.05, 4.69) is 27.7 Å². The lowest BCUT2D eigenvalue weighted by molar-refractivity contribution is -0.384. The van der Waals surface area contributed by atoms with Gasteiger partial charge < -0.3 is 9.47 Å². The summed E-state index contributed by atoms with van der Waals surface area (Å²) in [6.07, 6.45) is 1.58. The van der Waals surface area contributed by atoms with Gasteiger partial charge in [0.1, 0.15) is 6.61 Å². The summed E-state index contributed by atoms with van der Waals surface area (Å²) in [5.74, 6) is 1.45. The van der Waals surface area contributed by atoms with Gasteiger partial charge in [0.05, 0.1) is 32.7 Å². The number of hydrogen-bond donors (Lipinski definition) is 0. The Morgan fingerprint density at radius 3 is 2.46 bits per heavy atom. The Kier molecular flexibility index (Phi) is 7.64. The van der Waals surface area contributed by atoms with Crippen LogP contribution in [0, 0.1) is 13.7 Å². The standard InChI is InChI=1S/C29H21IN4O5/c1-38-26-16-20(15-24(30)27(26)39-18-19-11-13-22(14-12-19)34(36)37)17-31-33-28(21-7-3-2-4-8-21)32-25-10-6-5-9-23(25)29(33)35/h2-17H,18H2,1H3. The highest BCUT2D eigenvalue weighted by Crippen LogP contribution is 2.34. The van der Waals surface area contributed by atoms with Gasteiger partial charge in [-0.25, -0.2) is 4.98 Å². The molecular formula is C29H21IN4O5. The number of nitrogens with zero attached hydrogens (tertiary/aromatic N) is 4. The zero-order chi connectivity index (χ0) is 27.4. The Hall–Kier alpha value is -4.58. The normalized spacial score (nSPS) is 11.1. The summed E-state index contributed by atoms with van der Waals surface area (Å²) in [5, 5.41) is 15.9. The molecule has 0 saturated carbocycles. The third-order valence-electron chi connectivity index (χ3n) is 5.89. The number of ether oxygens (including phenoxy) is 2. The number of non-ortho nitro benzene ring substituents is 1. The maximum Gasteiger partial charge on any atom is 0.282 e. The van der Waals surface area contributed by atoms with Crippen molar-refractivity contribution in [1.82, 2.24) is 9.66 Å². The van der Waals surface area contributed by atoms with Gasteiger partial charge in [0.15, 0.2) is 17.3 Å². The molecular weight excluding hydrogens is 611 g/mol. The van der Waals surface area contributed by atoms with Crippen LogP contribution in [0.2, 0.25) is 0 Å². The first-order valence-electron chi connectivity index (χ1n) is 11.8. The second-order valence-corrected chi connectivity index (χ2v) is 9.59. The van der Waals surface area contributed by atoms with E-state index in [9.17, 15) is 14.9 Å². The average molecular weight is 632 g/mol. The lowest BCUT2D eigenvalue weighted by atomic mass is 10.2. The number of benzene rings is 4. The predicted octanol–water partition coefficient (Wildman–Crippen LogP) is 6.05. The average Bonchev–Trinajstić information content (AvgIpc) is 2.96. The second kappa shape index (κ2) is 11.4. The SMILES string of the molecule is COc1cc(C=Nn2c(-c3ccccc3)nc3ccccc3c2=O)cc(I)c1OCc1ccc([N+](=O)[O-])cc1. The quantitative estimate of drug-likeness (QED) is 0.0893. The van der Waals surface area contributed by atoms with E-state index in [4.69, 9.17) is 14.5 Å². The van der Waals surface area contributed by atoms with Crippen molar-refractivity contribution in [2.75, 3.05) is 7.11 Å². The van der Waals surface area contributed by atoms with Crippen LogP contribution >= 0.6 is 22.6 Å². The van der Waals surface area contributed by atoms with E-state index in [1.165, 1.54) is 23.9 Å². The van der Waals surface area contributed by atoms with Gasteiger partial charge in [-0.1, -0.05) is 42.5 Å². The molecule has 0 amide bonds.